The quantitative estimate of drug-likeness (QED) is 0.809. The summed E-state index contributed by atoms with van der Waals surface area (Å²) in [6.07, 6.45) is 2.99. The minimum Gasteiger partial charge on any atom is -0.445 e. The van der Waals surface area contributed by atoms with Crippen molar-refractivity contribution < 1.29 is 9.21 Å². The molecule has 2 aromatic rings. The Hall–Kier alpha value is -1.11. The Balaban J connectivity index is 2.72. The molecule has 2 N–H and O–H groups in total. The van der Waals surface area contributed by atoms with Crippen LogP contribution in [0.2, 0.25) is 0 Å². The van der Waals surface area contributed by atoms with Crippen molar-refractivity contribution in [3.8, 4) is 0 Å². The van der Waals surface area contributed by atoms with Crippen LogP contribution in [0.5, 0.6) is 0 Å². The molecule has 2 aromatic heterocycles. The topological polar surface area (TPSA) is 69.1 Å². The van der Waals surface area contributed by atoms with Gasteiger partial charge in [0.15, 0.2) is 0 Å². The Morgan fingerprint density at radius 1 is 1.62 bits per heavy atom. The highest BCUT2D eigenvalue weighted by molar-refractivity contribution is 14.1. The van der Waals surface area contributed by atoms with E-state index in [9.17, 15) is 4.79 Å². The van der Waals surface area contributed by atoms with Gasteiger partial charge in [0, 0.05) is 6.20 Å². The van der Waals surface area contributed by atoms with Crippen LogP contribution in [0.25, 0.3) is 11.1 Å². The average Bonchev–Trinajstić information content (AvgIpc) is 2.47. The van der Waals surface area contributed by atoms with Gasteiger partial charge in [-0.1, -0.05) is 0 Å². The smallest absolute Gasteiger partial charge is 0.250 e. The lowest BCUT2D eigenvalue weighted by Gasteiger charge is -1.93. The fourth-order valence-corrected chi connectivity index (χ4v) is 1.54. The lowest BCUT2D eigenvalue weighted by atomic mass is 10.2. The first-order chi connectivity index (χ1) is 6.18. The number of hydrogen-bond donors (Lipinski definition) is 1. The average molecular weight is 288 g/mol. The van der Waals surface area contributed by atoms with Crippen LogP contribution in [-0.4, -0.2) is 10.9 Å². The van der Waals surface area contributed by atoms with E-state index in [1.165, 1.54) is 6.20 Å². The zero-order valence-corrected chi connectivity index (χ0v) is 8.61. The van der Waals surface area contributed by atoms with Crippen LogP contribution >= 0.6 is 22.6 Å². The SMILES string of the molecule is NC(=O)c1cnc2occ(I)c2c1. The van der Waals surface area contributed by atoms with Crippen LogP contribution in [0, 0.1) is 3.57 Å². The highest BCUT2D eigenvalue weighted by Gasteiger charge is 2.07. The van der Waals surface area contributed by atoms with Crippen LogP contribution in [0.15, 0.2) is 22.9 Å². The van der Waals surface area contributed by atoms with Crippen molar-refractivity contribution >= 4 is 39.6 Å². The number of primary amides is 1. The maximum atomic E-state index is 10.8. The molecule has 13 heavy (non-hydrogen) atoms. The Bertz CT molecular complexity index is 478. The highest BCUT2D eigenvalue weighted by atomic mass is 127. The summed E-state index contributed by atoms with van der Waals surface area (Å²) >= 11 is 2.11. The van der Waals surface area contributed by atoms with Gasteiger partial charge in [-0.2, -0.15) is 0 Å². The minimum atomic E-state index is -0.480. The fourth-order valence-electron chi connectivity index (χ4n) is 1.02. The first-order valence-corrected chi connectivity index (χ1v) is 4.59. The first-order valence-electron chi connectivity index (χ1n) is 3.51. The molecule has 0 aliphatic rings. The molecule has 0 aliphatic heterocycles. The predicted molar refractivity (Wildman–Crippen MR) is 55.2 cm³/mol. The van der Waals surface area contributed by atoms with Gasteiger partial charge in [0.25, 0.3) is 0 Å². The van der Waals surface area contributed by atoms with Gasteiger partial charge >= 0.3 is 0 Å². The summed E-state index contributed by atoms with van der Waals surface area (Å²) < 4.78 is 6.03. The normalized spacial score (nSPS) is 10.5. The molecule has 2 heterocycles. The van der Waals surface area contributed by atoms with E-state index < -0.39 is 5.91 Å². The molecule has 4 nitrogen and oxygen atoms in total. The van der Waals surface area contributed by atoms with E-state index in [4.69, 9.17) is 10.2 Å². The summed E-state index contributed by atoms with van der Waals surface area (Å²) in [5.74, 6) is -0.480. The molecular weight excluding hydrogens is 283 g/mol. The maximum Gasteiger partial charge on any atom is 0.250 e. The van der Waals surface area contributed by atoms with Crippen LogP contribution in [0.3, 0.4) is 0 Å². The second-order valence-corrected chi connectivity index (χ2v) is 3.69. The van der Waals surface area contributed by atoms with Gasteiger partial charge in [-0.05, 0) is 28.7 Å². The van der Waals surface area contributed by atoms with Crippen molar-refractivity contribution in [1.82, 2.24) is 4.98 Å². The zero-order valence-electron chi connectivity index (χ0n) is 6.45. The second kappa shape index (κ2) is 2.99. The fraction of sp³-hybridized carbons (Fsp3) is 0. The molecule has 2 rings (SSSR count). The molecule has 0 aromatic carbocycles. The zero-order chi connectivity index (χ0) is 9.42. The molecular formula is C8H5IN2O2. The van der Waals surface area contributed by atoms with Gasteiger partial charge in [-0.15, -0.1) is 0 Å². The molecule has 0 radical (unpaired) electrons. The molecule has 0 spiro atoms. The van der Waals surface area contributed by atoms with Crippen molar-refractivity contribution in [2.45, 2.75) is 0 Å². The number of carbonyl (C=O) groups is 1. The standard InChI is InChI=1S/C8H5IN2O2/c9-6-3-13-8-5(6)1-4(2-11-8)7(10)12/h1-3H,(H2,10,12). The number of amides is 1. The molecule has 0 saturated heterocycles. The largest absolute Gasteiger partial charge is 0.445 e. The third-order valence-corrected chi connectivity index (χ3v) is 2.50. The van der Waals surface area contributed by atoms with E-state index in [2.05, 4.69) is 27.6 Å². The Labute approximate surface area is 87.3 Å². The number of carbonyl (C=O) groups excluding carboxylic acids is 1. The second-order valence-electron chi connectivity index (χ2n) is 2.52. The Morgan fingerprint density at radius 2 is 2.38 bits per heavy atom. The van der Waals surface area contributed by atoms with E-state index >= 15 is 0 Å². The summed E-state index contributed by atoms with van der Waals surface area (Å²) in [5, 5.41) is 0.817. The molecule has 66 valence electrons. The van der Waals surface area contributed by atoms with Crippen LogP contribution in [0.1, 0.15) is 10.4 Å². The number of nitrogens with two attached hydrogens (primary N) is 1. The number of hydrogen-bond acceptors (Lipinski definition) is 3. The number of rotatable bonds is 1. The van der Waals surface area contributed by atoms with Crippen molar-refractivity contribution in [2.24, 2.45) is 5.73 Å². The Kier molecular flexibility index (Phi) is 1.95. The number of nitrogens with zero attached hydrogens (tertiary/aromatic N) is 1. The van der Waals surface area contributed by atoms with E-state index in [0.29, 0.717) is 11.3 Å². The molecule has 1 amide bonds. The third-order valence-electron chi connectivity index (χ3n) is 1.67. The van der Waals surface area contributed by atoms with Gasteiger partial charge in [0.2, 0.25) is 11.6 Å². The van der Waals surface area contributed by atoms with E-state index in [1.54, 1.807) is 12.3 Å². The lowest BCUT2D eigenvalue weighted by molar-refractivity contribution is 0.1000. The van der Waals surface area contributed by atoms with Crippen molar-refractivity contribution in [3.05, 3.63) is 27.7 Å². The number of furan rings is 1. The molecule has 0 aliphatic carbocycles. The summed E-state index contributed by atoms with van der Waals surface area (Å²) in [6, 6.07) is 1.68. The summed E-state index contributed by atoms with van der Waals surface area (Å²) in [6.45, 7) is 0. The van der Waals surface area contributed by atoms with Gasteiger partial charge in [-0.3, -0.25) is 4.79 Å². The maximum absolute atomic E-state index is 10.8. The number of fused-ring (bicyclic) bond motifs is 1. The third kappa shape index (κ3) is 1.39. The van der Waals surface area contributed by atoms with Gasteiger partial charge in [0.1, 0.15) is 6.26 Å². The summed E-state index contributed by atoms with van der Waals surface area (Å²) in [7, 11) is 0. The first kappa shape index (κ1) is 8.49. The van der Waals surface area contributed by atoms with Crippen molar-refractivity contribution in [2.75, 3.05) is 0 Å². The van der Waals surface area contributed by atoms with E-state index in [0.717, 1.165) is 8.96 Å². The minimum absolute atomic E-state index is 0.395. The lowest BCUT2D eigenvalue weighted by Crippen LogP contribution is -2.10. The molecule has 5 heteroatoms. The number of halogens is 1. The molecule has 0 fully saturated rings. The molecule has 0 bridgehead atoms. The van der Waals surface area contributed by atoms with Crippen LogP contribution in [0.4, 0.5) is 0 Å². The van der Waals surface area contributed by atoms with Crippen molar-refractivity contribution in [3.63, 3.8) is 0 Å². The van der Waals surface area contributed by atoms with E-state index in [1.807, 2.05) is 0 Å². The van der Waals surface area contributed by atoms with Gasteiger partial charge < -0.3 is 10.2 Å². The molecule has 0 unspecified atom stereocenters. The van der Waals surface area contributed by atoms with Crippen LogP contribution < -0.4 is 5.73 Å². The number of aromatic nitrogens is 1. The Morgan fingerprint density at radius 3 is 3.08 bits per heavy atom. The summed E-state index contributed by atoms with van der Waals surface area (Å²) in [5.41, 5.74) is 6.03. The highest BCUT2D eigenvalue weighted by Crippen LogP contribution is 2.21. The number of pyridine rings is 1. The van der Waals surface area contributed by atoms with Gasteiger partial charge in [0.05, 0.1) is 14.5 Å². The van der Waals surface area contributed by atoms with E-state index in [-0.39, 0.29) is 0 Å². The predicted octanol–water partition coefficient (Wildman–Crippen LogP) is 1.53. The molecule has 0 saturated carbocycles. The summed E-state index contributed by atoms with van der Waals surface area (Å²) in [4.78, 5) is 14.8. The monoisotopic (exact) mass is 288 g/mol. The van der Waals surface area contributed by atoms with Gasteiger partial charge in [-0.25, -0.2) is 4.98 Å². The van der Waals surface area contributed by atoms with Crippen molar-refractivity contribution in [1.29, 1.82) is 0 Å². The van der Waals surface area contributed by atoms with Crippen LogP contribution in [-0.2, 0) is 0 Å². The molecule has 0 atom stereocenters.